The number of carbonyl (C=O) groups is 3. The van der Waals surface area contributed by atoms with Gasteiger partial charge in [-0.25, -0.2) is 9.59 Å². The van der Waals surface area contributed by atoms with Gasteiger partial charge in [0.2, 0.25) is 5.91 Å². The third-order valence-electron chi connectivity index (χ3n) is 7.63. The molecule has 39 heavy (non-hydrogen) atoms. The zero-order valence-corrected chi connectivity index (χ0v) is 24.8. The van der Waals surface area contributed by atoms with E-state index in [0.29, 0.717) is 35.8 Å². The normalized spacial score (nSPS) is 23.6. The topological polar surface area (TPSA) is 140 Å². The van der Waals surface area contributed by atoms with E-state index >= 15 is 0 Å². The van der Waals surface area contributed by atoms with Crippen LogP contribution in [0.3, 0.4) is 0 Å². The number of hydrogen-bond donors (Lipinski definition) is 1. The number of carbonyl (C=O) groups excluding carboxylic acids is 2. The number of aliphatic carboxylic acids is 1. The van der Waals surface area contributed by atoms with Crippen molar-refractivity contribution in [2.45, 2.75) is 59.0 Å². The van der Waals surface area contributed by atoms with E-state index in [1.165, 1.54) is 45.8 Å². The molecule has 11 nitrogen and oxygen atoms in total. The number of carboxylic acid groups (broad SMARTS) is 1. The minimum Gasteiger partial charge on any atom is -0.477 e. The molecule has 0 radical (unpaired) electrons. The van der Waals surface area contributed by atoms with E-state index in [2.05, 4.69) is 33.9 Å². The number of nitro groups is 1. The molecule has 2 fully saturated rings. The number of hydrogen-bond acceptors (Lipinski definition) is 8. The maximum atomic E-state index is 13.4. The molecule has 1 N–H and O–H groups in total. The molecule has 13 heteroatoms. The lowest BCUT2D eigenvalue weighted by molar-refractivity contribution is -0.384. The fourth-order valence-electron chi connectivity index (χ4n) is 5.55. The van der Waals surface area contributed by atoms with Gasteiger partial charge in [0.1, 0.15) is 12.3 Å². The van der Waals surface area contributed by atoms with Gasteiger partial charge < -0.3 is 19.2 Å². The number of rotatable bonds is 9. The lowest BCUT2D eigenvalue weighted by Crippen LogP contribution is -2.63. The van der Waals surface area contributed by atoms with Gasteiger partial charge in [-0.1, -0.05) is 20.8 Å². The molecule has 4 atom stereocenters. The molecule has 3 aliphatic rings. The number of nitro benzene ring substituents is 1. The molecule has 1 aromatic rings. The molecule has 212 valence electrons. The predicted octanol–water partition coefficient (Wildman–Crippen LogP) is 3.84. The van der Waals surface area contributed by atoms with Crippen molar-refractivity contribution in [3.63, 3.8) is 0 Å². The molecular formula is C26H35N3O8SSi. The fraction of sp³-hybridized carbons (Fsp3) is 0.577. The fourth-order valence-corrected chi connectivity index (χ4v) is 7.34. The van der Waals surface area contributed by atoms with Gasteiger partial charge in [-0.2, -0.15) is 0 Å². The average Bonchev–Trinajstić information content (AvgIpc) is 3.47. The Bertz CT molecular complexity index is 1180. The van der Waals surface area contributed by atoms with Crippen molar-refractivity contribution in [3.8, 4) is 0 Å². The summed E-state index contributed by atoms with van der Waals surface area (Å²) in [6, 6.07) is 4.96. The molecular weight excluding hydrogens is 542 g/mol. The van der Waals surface area contributed by atoms with Crippen LogP contribution in [0.1, 0.15) is 32.8 Å². The largest absolute Gasteiger partial charge is 0.477 e. The standard InChI is InChI=1S/C26H35N3O8SSi/c1-26(2,3)18(12-37-39(4)5)21-19-10-17(22(24(31)32)28(19)23(21)30)20-13-38-14-27(20)25(33)36-11-15-6-8-16(9-7-15)29(34)35/h6-9,18-21,39H,10-14H2,1-5H3,(H,31,32)/t18-,19-,20+,21+/m1/s1. The van der Waals surface area contributed by atoms with Crippen LogP contribution in [-0.2, 0) is 25.4 Å². The first-order valence-electron chi connectivity index (χ1n) is 13.0. The Kier molecular flexibility index (Phi) is 8.43. The number of amides is 2. The van der Waals surface area contributed by atoms with Crippen LogP contribution in [0.15, 0.2) is 35.5 Å². The molecule has 3 heterocycles. The van der Waals surface area contributed by atoms with Gasteiger partial charge in [0.15, 0.2) is 9.04 Å². The van der Waals surface area contributed by atoms with Crippen molar-refractivity contribution in [1.82, 2.24) is 9.80 Å². The van der Waals surface area contributed by atoms with Crippen molar-refractivity contribution in [2.24, 2.45) is 17.3 Å². The summed E-state index contributed by atoms with van der Waals surface area (Å²) in [5, 5.41) is 21.0. The van der Waals surface area contributed by atoms with Gasteiger partial charge in [0.05, 0.1) is 28.8 Å². The van der Waals surface area contributed by atoms with Gasteiger partial charge in [-0.05, 0) is 54.1 Å². The van der Waals surface area contributed by atoms with Crippen LogP contribution >= 0.6 is 11.8 Å². The summed E-state index contributed by atoms with van der Waals surface area (Å²) in [6.45, 7) is 10.8. The predicted molar refractivity (Wildman–Crippen MR) is 147 cm³/mol. The number of thioether (sulfide) groups is 1. The van der Waals surface area contributed by atoms with Gasteiger partial charge in [0, 0.05) is 24.5 Å². The first-order valence-corrected chi connectivity index (χ1v) is 16.9. The zero-order valence-electron chi connectivity index (χ0n) is 22.8. The lowest BCUT2D eigenvalue weighted by Gasteiger charge is -2.50. The smallest absolute Gasteiger partial charge is 0.411 e. The molecule has 0 aliphatic carbocycles. The first kappa shape index (κ1) is 29.1. The minimum atomic E-state index is -1.31. The highest BCUT2D eigenvalue weighted by atomic mass is 32.2. The molecule has 0 unspecified atom stereocenters. The van der Waals surface area contributed by atoms with E-state index in [9.17, 15) is 29.6 Å². The van der Waals surface area contributed by atoms with Crippen LogP contribution in [0, 0.1) is 27.4 Å². The van der Waals surface area contributed by atoms with Crippen molar-refractivity contribution in [3.05, 3.63) is 51.2 Å². The zero-order chi connectivity index (χ0) is 28.6. The van der Waals surface area contributed by atoms with Gasteiger partial charge in [0.25, 0.3) is 5.69 Å². The summed E-state index contributed by atoms with van der Waals surface area (Å²) in [7, 11) is -1.31. The molecule has 3 aliphatic heterocycles. The third-order valence-corrected chi connectivity index (χ3v) is 9.50. The van der Waals surface area contributed by atoms with Gasteiger partial charge in [-0.15, -0.1) is 11.8 Å². The van der Waals surface area contributed by atoms with Crippen LogP contribution in [0.25, 0.3) is 0 Å². The second-order valence-electron chi connectivity index (χ2n) is 11.5. The number of non-ortho nitro benzene ring substituents is 1. The van der Waals surface area contributed by atoms with Gasteiger partial charge >= 0.3 is 12.1 Å². The van der Waals surface area contributed by atoms with Crippen molar-refractivity contribution in [2.75, 3.05) is 18.2 Å². The molecule has 0 spiro atoms. The Labute approximate surface area is 233 Å². The summed E-state index contributed by atoms with van der Waals surface area (Å²) in [6.07, 6.45) is -0.207. The molecule has 0 bridgehead atoms. The molecule has 2 saturated heterocycles. The summed E-state index contributed by atoms with van der Waals surface area (Å²) in [5.74, 6) is -0.937. The SMILES string of the molecule is C[SiH](C)OC[C@H]([C@@H]1C(=O)N2C(C(=O)O)=C([C@@H]3CSCN3C(=O)OCc3ccc([N+](=O)[O-])cc3)C[C@H]12)C(C)(C)C. The number of benzene rings is 1. The molecule has 2 amide bonds. The van der Waals surface area contributed by atoms with Crippen LogP contribution in [0.5, 0.6) is 0 Å². The maximum absolute atomic E-state index is 13.4. The summed E-state index contributed by atoms with van der Waals surface area (Å²) in [4.78, 5) is 52.2. The number of nitrogens with zero attached hydrogens (tertiary/aromatic N) is 3. The quantitative estimate of drug-likeness (QED) is 0.201. The first-order chi connectivity index (χ1) is 18.3. The highest BCUT2D eigenvalue weighted by Crippen LogP contribution is 2.51. The molecule has 0 aromatic heterocycles. The van der Waals surface area contributed by atoms with Gasteiger partial charge in [-0.3, -0.25) is 19.8 Å². The van der Waals surface area contributed by atoms with Crippen molar-refractivity contribution in [1.29, 1.82) is 0 Å². The highest BCUT2D eigenvalue weighted by molar-refractivity contribution is 7.99. The Morgan fingerprint density at radius 3 is 2.49 bits per heavy atom. The second kappa shape index (κ2) is 11.3. The van der Waals surface area contributed by atoms with Crippen LogP contribution in [0.2, 0.25) is 13.1 Å². The number of carboxylic acids is 1. The van der Waals surface area contributed by atoms with E-state index in [-0.39, 0.29) is 47.2 Å². The monoisotopic (exact) mass is 577 g/mol. The lowest BCUT2D eigenvalue weighted by atomic mass is 9.66. The van der Waals surface area contributed by atoms with Crippen LogP contribution in [-0.4, -0.2) is 77.2 Å². The molecule has 0 saturated carbocycles. The van der Waals surface area contributed by atoms with E-state index in [0.717, 1.165) is 0 Å². The summed E-state index contributed by atoms with van der Waals surface area (Å²) in [5.41, 5.74) is 0.889. The van der Waals surface area contributed by atoms with E-state index in [1.54, 1.807) is 0 Å². The second-order valence-corrected chi connectivity index (χ2v) is 14.9. The van der Waals surface area contributed by atoms with Crippen LogP contribution in [0.4, 0.5) is 10.5 Å². The third kappa shape index (κ3) is 5.85. The average molecular weight is 578 g/mol. The van der Waals surface area contributed by atoms with E-state index in [1.807, 2.05) is 0 Å². The Balaban J connectivity index is 1.50. The van der Waals surface area contributed by atoms with Crippen molar-refractivity contribution >= 4 is 44.5 Å². The highest BCUT2D eigenvalue weighted by Gasteiger charge is 2.60. The Morgan fingerprint density at radius 2 is 1.92 bits per heavy atom. The number of fused-ring (bicyclic) bond motifs is 1. The van der Waals surface area contributed by atoms with E-state index < -0.39 is 32.1 Å². The number of β-lactam (4-membered cyclic amide) rings is 1. The summed E-state index contributed by atoms with van der Waals surface area (Å²) < 4.78 is 11.5. The summed E-state index contributed by atoms with van der Waals surface area (Å²) >= 11 is 1.50. The minimum absolute atomic E-state index is 0.0197. The van der Waals surface area contributed by atoms with E-state index in [4.69, 9.17) is 9.16 Å². The Hall–Kier alpha value is -2.90. The maximum Gasteiger partial charge on any atom is 0.411 e. The van der Waals surface area contributed by atoms with Crippen LogP contribution < -0.4 is 0 Å². The molecule has 1 aromatic carbocycles. The van der Waals surface area contributed by atoms with Crippen molar-refractivity contribution < 1.29 is 33.6 Å². The molecule has 4 rings (SSSR count). The Morgan fingerprint density at radius 1 is 1.26 bits per heavy atom. The number of ether oxygens (including phenoxy) is 1.